The second-order valence-electron chi connectivity index (χ2n) is 10.9. The van der Waals surface area contributed by atoms with Gasteiger partial charge >= 0.3 is 0 Å². The minimum Gasteiger partial charge on any atom is -0.305 e. The molecule has 2 nitrogen and oxygen atoms in total. The van der Waals surface area contributed by atoms with E-state index < -0.39 is 19.9 Å². The fraction of sp³-hybridized carbons (Fsp3) is 0.222. The number of nitrogens with zero attached hydrogens (tertiary/aromatic N) is 2. The normalized spacial score (nSPS) is 13.4. The molecular weight excluding hydrogens is 681 g/mol. The number of hydrogen-bond acceptors (Lipinski definition) is 2. The first kappa shape index (κ1) is 28.4. The van der Waals surface area contributed by atoms with Crippen LogP contribution in [0.25, 0.3) is 22.5 Å². The van der Waals surface area contributed by atoms with Gasteiger partial charge < -0.3 is 9.97 Å². The minimum atomic E-state index is -1.39. The number of aromatic nitrogens is 2. The summed E-state index contributed by atoms with van der Waals surface area (Å²) in [4.78, 5) is 8.86. The standard InChI is InChI=1S/C22H24NSi.C14H14N.Ir/c1-17(18-9-6-5-7-10-18)19-11-8-12-20(15-19)22-16-21(13-14-23-22)24(2,3)4;1-11(2)13-8-9-15-14(10-13)12-6-4-3-5-7-12;/h5-11,13-17H,1-4H3;3-6,8-11H,1-2H3;/q2*-1;/i17D;11D;. The predicted molar refractivity (Wildman–Crippen MR) is 168 cm³/mol. The average molecular weight is 721 g/mol. The largest absolute Gasteiger partial charge is 0.305 e. The SMILES string of the molecule is [2H]C(C)(C)c1ccnc(-c2[c-]cccc2)c1.[2H]C(C)(c1ccccc1)c1cc[c-]c(-c2cc([Si](C)(C)C)ccn2)c1.[Ir]. The maximum Gasteiger partial charge on any atom is 0.0767 e. The van der Waals surface area contributed by atoms with Gasteiger partial charge in [0, 0.05) is 35.2 Å². The summed E-state index contributed by atoms with van der Waals surface area (Å²) in [6.45, 7) is 12.7. The van der Waals surface area contributed by atoms with Crippen molar-refractivity contribution in [3.05, 3.63) is 138 Å². The summed E-state index contributed by atoms with van der Waals surface area (Å²) in [7, 11) is -1.39. The Morgan fingerprint density at radius 3 is 1.95 bits per heavy atom. The number of rotatable bonds is 6. The van der Waals surface area contributed by atoms with Gasteiger partial charge in [-0.3, -0.25) is 0 Å². The summed E-state index contributed by atoms with van der Waals surface area (Å²) in [6, 6.07) is 38.2. The maximum absolute atomic E-state index is 8.88. The van der Waals surface area contributed by atoms with E-state index in [9.17, 15) is 0 Å². The average Bonchev–Trinajstić information content (AvgIpc) is 2.98. The van der Waals surface area contributed by atoms with Gasteiger partial charge in [0.25, 0.3) is 0 Å². The van der Waals surface area contributed by atoms with Gasteiger partial charge in [-0.05, 0) is 40.9 Å². The van der Waals surface area contributed by atoms with Crippen LogP contribution in [0.15, 0.2) is 109 Å². The molecule has 1 unspecified atom stereocenters. The summed E-state index contributed by atoms with van der Waals surface area (Å²) < 4.78 is 16.9. The van der Waals surface area contributed by atoms with Crippen LogP contribution in [0, 0.1) is 12.1 Å². The molecule has 0 bridgehead atoms. The molecule has 0 amide bonds. The Hall–Kier alpha value is -3.17. The molecule has 0 saturated carbocycles. The molecule has 0 fully saturated rings. The van der Waals surface area contributed by atoms with Crippen LogP contribution in [-0.2, 0) is 20.1 Å². The Labute approximate surface area is 258 Å². The van der Waals surface area contributed by atoms with Crippen molar-refractivity contribution in [1.82, 2.24) is 9.97 Å². The first-order chi connectivity index (χ1) is 19.4. The third-order valence-electron chi connectivity index (χ3n) is 6.67. The van der Waals surface area contributed by atoms with Crippen LogP contribution in [0.3, 0.4) is 0 Å². The first-order valence-corrected chi connectivity index (χ1v) is 16.8. The molecule has 5 aromatic rings. The molecule has 0 aliphatic heterocycles. The molecule has 0 aliphatic rings. The van der Waals surface area contributed by atoms with Crippen LogP contribution in [0.5, 0.6) is 0 Å². The molecule has 3 aromatic carbocycles. The fourth-order valence-corrected chi connectivity index (χ4v) is 5.33. The number of hydrogen-bond donors (Lipinski definition) is 0. The smallest absolute Gasteiger partial charge is 0.0767 e. The van der Waals surface area contributed by atoms with Gasteiger partial charge in [-0.25, -0.2) is 0 Å². The van der Waals surface area contributed by atoms with Crippen LogP contribution >= 0.6 is 0 Å². The molecule has 2 aromatic heterocycles. The third-order valence-corrected chi connectivity index (χ3v) is 8.71. The predicted octanol–water partition coefficient (Wildman–Crippen LogP) is 8.92. The topological polar surface area (TPSA) is 25.8 Å². The molecule has 2 heterocycles. The van der Waals surface area contributed by atoms with Crippen LogP contribution in [0.1, 0.15) is 52.0 Å². The van der Waals surface area contributed by atoms with Crippen molar-refractivity contribution in [1.29, 1.82) is 0 Å². The van der Waals surface area contributed by atoms with Gasteiger partial charge in [0.15, 0.2) is 0 Å². The van der Waals surface area contributed by atoms with Gasteiger partial charge in [0.1, 0.15) is 0 Å². The zero-order valence-electron chi connectivity index (χ0n) is 26.1. The summed E-state index contributed by atoms with van der Waals surface area (Å²) in [5, 5.41) is 1.38. The number of pyridine rings is 2. The van der Waals surface area contributed by atoms with E-state index in [0.29, 0.717) is 0 Å². The molecule has 4 heteroatoms. The Morgan fingerprint density at radius 2 is 1.30 bits per heavy atom. The Kier molecular flexibility index (Phi) is 10.2. The van der Waals surface area contributed by atoms with Crippen LogP contribution in [0.4, 0.5) is 0 Å². The zero-order valence-corrected chi connectivity index (χ0v) is 27.5. The van der Waals surface area contributed by atoms with Crippen molar-refractivity contribution in [2.75, 3.05) is 0 Å². The van der Waals surface area contributed by atoms with Crippen LogP contribution in [0.2, 0.25) is 19.6 Å². The Balaban J connectivity index is 0.000000247. The Morgan fingerprint density at radius 1 is 0.650 bits per heavy atom. The summed E-state index contributed by atoms with van der Waals surface area (Å²) in [5.41, 5.74) is 6.63. The molecule has 1 atom stereocenters. The maximum atomic E-state index is 8.88. The van der Waals surface area contributed by atoms with Gasteiger partial charge in [-0.15, -0.1) is 71.3 Å². The van der Waals surface area contributed by atoms with E-state index in [1.54, 1.807) is 6.20 Å². The van der Waals surface area contributed by atoms with Crippen molar-refractivity contribution >= 4 is 13.3 Å². The molecule has 0 saturated heterocycles. The van der Waals surface area contributed by atoms with Gasteiger partial charge in [-0.1, -0.05) is 93.6 Å². The zero-order chi connectivity index (χ0) is 29.7. The molecule has 0 spiro atoms. The molecule has 207 valence electrons. The van der Waals surface area contributed by atoms with Crippen LogP contribution < -0.4 is 5.19 Å². The van der Waals surface area contributed by atoms with E-state index in [2.05, 4.69) is 59.9 Å². The van der Waals surface area contributed by atoms with Crippen molar-refractivity contribution in [2.24, 2.45) is 0 Å². The molecular formula is C36H38IrN2Si-2. The second kappa shape index (κ2) is 14.5. The minimum absolute atomic E-state index is 0. The van der Waals surface area contributed by atoms with Gasteiger partial charge in [-0.2, -0.15) is 0 Å². The molecule has 0 N–H and O–H groups in total. The second-order valence-corrected chi connectivity index (χ2v) is 15.9. The van der Waals surface area contributed by atoms with E-state index in [-0.39, 0.29) is 20.1 Å². The molecule has 5 rings (SSSR count). The van der Waals surface area contributed by atoms with E-state index in [0.717, 1.165) is 39.2 Å². The van der Waals surface area contributed by atoms with Crippen LogP contribution in [-0.4, -0.2) is 18.0 Å². The summed E-state index contributed by atoms with van der Waals surface area (Å²) >= 11 is 0. The molecule has 40 heavy (non-hydrogen) atoms. The molecule has 1 radical (unpaired) electrons. The Bertz CT molecular complexity index is 1580. The molecule has 0 aliphatic carbocycles. The van der Waals surface area contributed by atoms with E-state index in [4.69, 9.17) is 2.74 Å². The summed E-state index contributed by atoms with van der Waals surface area (Å²) in [6.07, 6.45) is 3.64. The van der Waals surface area contributed by atoms with E-state index >= 15 is 0 Å². The first-order valence-electron chi connectivity index (χ1n) is 14.3. The van der Waals surface area contributed by atoms with Crippen molar-refractivity contribution < 1.29 is 22.8 Å². The summed E-state index contributed by atoms with van der Waals surface area (Å²) in [5.74, 6) is -1.39. The van der Waals surface area contributed by atoms with E-state index in [1.165, 1.54) is 5.19 Å². The number of benzene rings is 3. The monoisotopic (exact) mass is 721 g/mol. The third kappa shape index (κ3) is 8.41. The van der Waals surface area contributed by atoms with Crippen molar-refractivity contribution in [2.45, 2.75) is 52.2 Å². The van der Waals surface area contributed by atoms with Crippen molar-refractivity contribution in [3.8, 4) is 22.5 Å². The quantitative estimate of drug-likeness (QED) is 0.129. The fourth-order valence-electron chi connectivity index (χ4n) is 4.19. The van der Waals surface area contributed by atoms with Gasteiger partial charge in [0.05, 0.1) is 8.07 Å². The van der Waals surface area contributed by atoms with Gasteiger partial charge in [0.2, 0.25) is 0 Å². The van der Waals surface area contributed by atoms with E-state index in [1.807, 2.05) is 106 Å². The van der Waals surface area contributed by atoms with Crippen molar-refractivity contribution in [3.63, 3.8) is 0 Å².